The van der Waals surface area contributed by atoms with E-state index in [0.29, 0.717) is 5.92 Å². The van der Waals surface area contributed by atoms with Crippen molar-refractivity contribution in [3.05, 3.63) is 0 Å². The van der Waals surface area contributed by atoms with E-state index in [-0.39, 0.29) is 12.1 Å². The van der Waals surface area contributed by atoms with Crippen LogP contribution in [0.15, 0.2) is 0 Å². The molecule has 2 rings (SSSR count). The molecule has 3 nitrogen and oxygen atoms in total. The third-order valence-corrected chi connectivity index (χ3v) is 5.08. The summed E-state index contributed by atoms with van der Waals surface area (Å²) in [6.45, 7) is 4.32. The Morgan fingerprint density at radius 2 is 1.94 bits per heavy atom. The van der Waals surface area contributed by atoms with Crippen molar-refractivity contribution in [1.82, 2.24) is 0 Å². The first kappa shape index (κ1) is 13.3. The number of likely N-dealkylation sites (N-methyl/N-ethyl adjacent to an activating group) is 1. The Morgan fingerprint density at radius 1 is 1.29 bits per heavy atom. The molecule has 0 aromatic rings. The summed E-state index contributed by atoms with van der Waals surface area (Å²) >= 11 is 0. The minimum Gasteiger partial charge on any atom is -0.393 e. The van der Waals surface area contributed by atoms with Gasteiger partial charge in [0.1, 0.15) is 0 Å². The highest BCUT2D eigenvalue weighted by Gasteiger charge is 2.43. The molecule has 4 atom stereocenters. The van der Waals surface area contributed by atoms with Crippen molar-refractivity contribution in [2.75, 3.05) is 20.1 Å². The van der Waals surface area contributed by atoms with E-state index in [2.05, 4.69) is 14.0 Å². The fourth-order valence-electron chi connectivity index (χ4n) is 4.12. The molecule has 17 heavy (non-hydrogen) atoms. The van der Waals surface area contributed by atoms with Gasteiger partial charge in [0.25, 0.3) is 0 Å². The highest BCUT2D eigenvalue weighted by molar-refractivity contribution is 4.81. The van der Waals surface area contributed by atoms with Crippen LogP contribution in [0.4, 0.5) is 0 Å². The number of rotatable bonds is 3. The minimum atomic E-state index is -0.153. The zero-order chi connectivity index (χ0) is 12.5. The van der Waals surface area contributed by atoms with E-state index in [1.54, 1.807) is 0 Å². The van der Waals surface area contributed by atoms with Gasteiger partial charge in [-0.3, -0.25) is 0 Å². The van der Waals surface area contributed by atoms with Crippen LogP contribution in [-0.2, 0) is 0 Å². The molecule has 3 heteroatoms. The molecule has 0 amide bonds. The monoisotopic (exact) mass is 241 g/mol. The summed E-state index contributed by atoms with van der Waals surface area (Å²) in [7, 11) is 2.37. The van der Waals surface area contributed by atoms with E-state index in [4.69, 9.17) is 5.73 Å². The maximum atomic E-state index is 10.1. The standard InChI is InChI=1S/C14H29N2O/c1-3-14(17)11-8-12(15)10-16(2,9-11)13-6-4-5-7-13/h11-14,17H,3-10,15H2,1-2H3/q+1. The lowest BCUT2D eigenvalue weighted by Crippen LogP contribution is -2.63. The first-order chi connectivity index (χ1) is 8.05. The van der Waals surface area contributed by atoms with Gasteiger partial charge < -0.3 is 15.3 Å². The van der Waals surface area contributed by atoms with Gasteiger partial charge in [0.2, 0.25) is 0 Å². The molecule has 0 spiro atoms. The quantitative estimate of drug-likeness (QED) is 0.736. The van der Waals surface area contributed by atoms with Crippen LogP contribution in [0, 0.1) is 5.92 Å². The van der Waals surface area contributed by atoms with Crippen molar-refractivity contribution in [2.45, 2.75) is 63.6 Å². The number of aliphatic hydroxyl groups is 1. The lowest BCUT2D eigenvalue weighted by atomic mass is 9.86. The third-order valence-electron chi connectivity index (χ3n) is 5.08. The van der Waals surface area contributed by atoms with E-state index in [9.17, 15) is 5.11 Å². The zero-order valence-electron chi connectivity index (χ0n) is 11.4. The van der Waals surface area contributed by atoms with Crippen LogP contribution in [0.3, 0.4) is 0 Å². The van der Waals surface area contributed by atoms with Crippen LogP contribution in [-0.4, -0.2) is 47.9 Å². The second kappa shape index (κ2) is 5.25. The van der Waals surface area contributed by atoms with E-state index in [1.165, 1.54) is 25.7 Å². The van der Waals surface area contributed by atoms with Gasteiger partial charge in [-0.15, -0.1) is 0 Å². The molecule has 0 radical (unpaired) electrons. The molecule has 2 fully saturated rings. The van der Waals surface area contributed by atoms with E-state index in [1.807, 2.05) is 0 Å². The minimum absolute atomic E-state index is 0.153. The van der Waals surface area contributed by atoms with Crippen molar-refractivity contribution in [3.8, 4) is 0 Å². The first-order valence-electron chi connectivity index (χ1n) is 7.33. The van der Waals surface area contributed by atoms with E-state index >= 15 is 0 Å². The van der Waals surface area contributed by atoms with Gasteiger partial charge in [0.05, 0.1) is 38.3 Å². The lowest BCUT2D eigenvalue weighted by molar-refractivity contribution is -0.941. The number of likely N-dealkylation sites (tertiary alicyclic amines) is 1. The first-order valence-corrected chi connectivity index (χ1v) is 7.33. The summed E-state index contributed by atoms with van der Waals surface area (Å²) in [5.74, 6) is 0.411. The van der Waals surface area contributed by atoms with Crippen molar-refractivity contribution >= 4 is 0 Å². The number of nitrogens with zero attached hydrogens (tertiary/aromatic N) is 1. The largest absolute Gasteiger partial charge is 0.393 e. The number of hydrogen-bond donors (Lipinski definition) is 2. The van der Waals surface area contributed by atoms with Crippen molar-refractivity contribution < 1.29 is 9.59 Å². The fourth-order valence-corrected chi connectivity index (χ4v) is 4.12. The van der Waals surface area contributed by atoms with Gasteiger partial charge in [-0.1, -0.05) is 6.92 Å². The van der Waals surface area contributed by atoms with Crippen LogP contribution in [0.5, 0.6) is 0 Å². The number of quaternary nitrogens is 1. The van der Waals surface area contributed by atoms with Crippen LogP contribution < -0.4 is 5.73 Å². The Hall–Kier alpha value is -0.120. The molecule has 3 N–H and O–H groups in total. The zero-order valence-corrected chi connectivity index (χ0v) is 11.4. The maximum absolute atomic E-state index is 10.1. The predicted octanol–water partition coefficient (Wildman–Crippen LogP) is 1.49. The predicted molar refractivity (Wildman–Crippen MR) is 70.6 cm³/mol. The molecule has 1 aliphatic carbocycles. The van der Waals surface area contributed by atoms with Gasteiger partial charge in [-0.25, -0.2) is 0 Å². The normalized spacial score (nSPS) is 41.6. The Labute approximate surface area is 106 Å². The molecule has 0 bridgehead atoms. The average Bonchev–Trinajstić information content (AvgIpc) is 2.80. The fraction of sp³-hybridized carbons (Fsp3) is 1.00. The van der Waals surface area contributed by atoms with Gasteiger partial charge in [0, 0.05) is 5.92 Å². The highest BCUT2D eigenvalue weighted by atomic mass is 16.3. The van der Waals surface area contributed by atoms with Crippen LogP contribution in [0.25, 0.3) is 0 Å². The Bertz CT molecular complexity index is 253. The second-order valence-corrected chi connectivity index (χ2v) is 6.51. The molecule has 100 valence electrons. The molecule has 2 aliphatic rings. The van der Waals surface area contributed by atoms with Gasteiger partial charge in [0.15, 0.2) is 0 Å². The Balaban J connectivity index is 2.06. The third kappa shape index (κ3) is 2.83. The Kier molecular flexibility index (Phi) is 4.11. The molecule has 1 aliphatic heterocycles. The van der Waals surface area contributed by atoms with Gasteiger partial charge in [-0.2, -0.15) is 0 Å². The van der Waals surface area contributed by atoms with Crippen LogP contribution in [0.2, 0.25) is 0 Å². The molecule has 1 saturated carbocycles. The smallest absolute Gasteiger partial charge is 0.0940 e. The van der Waals surface area contributed by atoms with Crippen molar-refractivity contribution in [2.24, 2.45) is 11.7 Å². The van der Waals surface area contributed by atoms with E-state index < -0.39 is 0 Å². The van der Waals surface area contributed by atoms with Gasteiger partial charge >= 0.3 is 0 Å². The summed E-state index contributed by atoms with van der Waals surface area (Å²) < 4.78 is 1.11. The summed E-state index contributed by atoms with van der Waals surface area (Å²) in [5, 5.41) is 10.1. The molecule has 1 heterocycles. The number of nitrogens with two attached hydrogens (primary N) is 1. The SMILES string of the molecule is CCC(O)C1CC(N)C[N+](C)(C2CCCC2)C1. The van der Waals surface area contributed by atoms with E-state index in [0.717, 1.165) is 36.5 Å². The summed E-state index contributed by atoms with van der Waals surface area (Å²) in [4.78, 5) is 0. The van der Waals surface area contributed by atoms with Gasteiger partial charge in [-0.05, 0) is 38.5 Å². The summed E-state index contributed by atoms with van der Waals surface area (Å²) in [6.07, 6.45) is 7.21. The second-order valence-electron chi connectivity index (χ2n) is 6.51. The van der Waals surface area contributed by atoms with Crippen LogP contribution >= 0.6 is 0 Å². The topological polar surface area (TPSA) is 46.2 Å². The molecule has 0 aromatic heterocycles. The number of piperidine rings is 1. The molecule has 1 saturated heterocycles. The average molecular weight is 241 g/mol. The molecule has 4 unspecified atom stereocenters. The molecular weight excluding hydrogens is 212 g/mol. The summed E-state index contributed by atoms with van der Waals surface area (Å²) in [6, 6.07) is 1.08. The maximum Gasteiger partial charge on any atom is 0.0940 e. The van der Waals surface area contributed by atoms with Crippen molar-refractivity contribution in [1.29, 1.82) is 0 Å². The highest BCUT2D eigenvalue weighted by Crippen LogP contribution is 2.34. The molecule has 0 aromatic carbocycles. The number of aliphatic hydroxyl groups excluding tert-OH is 1. The lowest BCUT2D eigenvalue weighted by Gasteiger charge is -2.48. The summed E-state index contributed by atoms with van der Waals surface area (Å²) in [5.41, 5.74) is 6.23. The van der Waals surface area contributed by atoms with Crippen LogP contribution in [0.1, 0.15) is 45.4 Å². The van der Waals surface area contributed by atoms with Crippen molar-refractivity contribution in [3.63, 3.8) is 0 Å². The molecular formula is C14H29N2O+. The Morgan fingerprint density at radius 3 is 2.53 bits per heavy atom. The number of hydrogen-bond acceptors (Lipinski definition) is 2.